The summed E-state index contributed by atoms with van der Waals surface area (Å²) in [5.41, 5.74) is 0.742. The van der Waals surface area contributed by atoms with Crippen LogP contribution in [0.3, 0.4) is 0 Å². The van der Waals surface area contributed by atoms with Crippen molar-refractivity contribution in [3.05, 3.63) is 17.7 Å². The SMILES string of the molecule is CCCC[C@@H]1CS(=O)(=O)c2cc(OC)c(OC)cc2CN1. The minimum Gasteiger partial charge on any atom is -0.493 e. The van der Waals surface area contributed by atoms with Crippen LogP contribution < -0.4 is 14.8 Å². The molecular weight excluding hydrogens is 290 g/mol. The Hall–Kier alpha value is -1.27. The molecule has 1 aliphatic heterocycles. The number of hydrogen-bond donors (Lipinski definition) is 1. The Labute approximate surface area is 126 Å². The Morgan fingerprint density at radius 2 is 1.90 bits per heavy atom. The minimum atomic E-state index is -3.31. The molecular formula is C15H23NO4S. The molecule has 21 heavy (non-hydrogen) atoms. The molecule has 0 aromatic heterocycles. The second kappa shape index (κ2) is 6.66. The summed E-state index contributed by atoms with van der Waals surface area (Å²) >= 11 is 0. The molecule has 1 N–H and O–H groups in total. The molecule has 118 valence electrons. The number of methoxy groups -OCH3 is 2. The zero-order valence-corrected chi connectivity index (χ0v) is 13.6. The lowest BCUT2D eigenvalue weighted by atomic mass is 10.1. The van der Waals surface area contributed by atoms with Gasteiger partial charge in [0.05, 0.1) is 24.9 Å². The van der Waals surface area contributed by atoms with Crippen molar-refractivity contribution >= 4 is 9.84 Å². The summed E-state index contributed by atoms with van der Waals surface area (Å²) in [5, 5.41) is 3.34. The van der Waals surface area contributed by atoms with Gasteiger partial charge >= 0.3 is 0 Å². The molecule has 2 rings (SSSR count). The molecule has 1 heterocycles. The Bertz CT molecular complexity index is 598. The van der Waals surface area contributed by atoms with Crippen LogP contribution in [-0.2, 0) is 16.4 Å². The van der Waals surface area contributed by atoms with Gasteiger partial charge in [0.1, 0.15) is 0 Å². The second-order valence-electron chi connectivity index (χ2n) is 5.32. The molecule has 0 saturated carbocycles. The van der Waals surface area contributed by atoms with Crippen molar-refractivity contribution in [1.82, 2.24) is 5.32 Å². The van der Waals surface area contributed by atoms with E-state index in [9.17, 15) is 8.42 Å². The molecule has 0 amide bonds. The highest BCUT2D eigenvalue weighted by molar-refractivity contribution is 7.91. The van der Waals surface area contributed by atoms with Crippen LogP contribution in [0, 0.1) is 0 Å². The molecule has 1 aromatic carbocycles. The van der Waals surface area contributed by atoms with E-state index in [1.807, 2.05) is 0 Å². The van der Waals surface area contributed by atoms with E-state index in [1.54, 1.807) is 19.2 Å². The number of rotatable bonds is 5. The van der Waals surface area contributed by atoms with Gasteiger partial charge in [-0.3, -0.25) is 0 Å². The number of benzene rings is 1. The number of sulfone groups is 1. The molecule has 6 heteroatoms. The smallest absolute Gasteiger partial charge is 0.180 e. The van der Waals surface area contributed by atoms with Gasteiger partial charge in [-0.25, -0.2) is 8.42 Å². The van der Waals surface area contributed by atoms with Gasteiger partial charge in [-0.1, -0.05) is 19.8 Å². The van der Waals surface area contributed by atoms with E-state index in [-0.39, 0.29) is 11.8 Å². The van der Waals surface area contributed by atoms with Gasteiger partial charge in [-0.05, 0) is 18.1 Å². The van der Waals surface area contributed by atoms with Crippen molar-refractivity contribution in [3.63, 3.8) is 0 Å². The standard InChI is InChI=1S/C15H23NO4S/c1-4-5-6-12-10-21(17,18)15-8-14(20-3)13(19-2)7-11(15)9-16-12/h7-8,12,16H,4-6,9-10H2,1-3H3/t12-/m1/s1. The highest BCUT2D eigenvalue weighted by atomic mass is 32.2. The predicted octanol–water partition coefficient (Wildman–Crippen LogP) is 2.14. The molecule has 0 unspecified atom stereocenters. The lowest BCUT2D eigenvalue weighted by Crippen LogP contribution is -2.32. The lowest BCUT2D eigenvalue weighted by Gasteiger charge is -2.14. The number of fused-ring (bicyclic) bond motifs is 1. The number of hydrogen-bond acceptors (Lipinski definition) is 5. The van der Waals surface area contributed by atoms with Crippen LogP contribution in [0.4, 0.5) is 0 Å². The third kappa shape index (κ3) is 3.49. The summed E-state index contributed by atoms with van der Waals surface area (Å²) in [5.74, 6) is 1.14. The van der Waals surface area contributed by atoms with Crippen LogP contribution in [0.2, 0.25) is 0 Å². The van der Waals surface area contributed by atoms with E-state index in [1.165, 1.54) is 7.11 Å². The molecule has 1 aromatic rings. The zero-order chi connectivity index (χ0) is 15.5. The molecule has 0 radical (unpaired) electrons. The Balaban J connectivity index is 2.39. The van der Waals surface area contributed by atoms with E-state index in [0.717, 1.165) is 24.8 Å². The largest absolute Gasteiger partial charge is 0.493 e. The maximum Gasteiger partial charge on any atom is 0.180 e. The fraction of sp³-hybridized carbons (Fsp3) is 0.600. The maximum atomic E-state index is 12.6. The molecule has 0 bridgehead atoms. The normalized spacial score (nSPS) is 20.4. The van der Waals surface area contributed by atoms with Crippen molar-refractivity contribution in [1.29, 1.82) is 0 Å². The highest BCUT2D eigenvalue weighted by Crippen LogP contribution is 2.34. The fourth-order valence-corrected chi connectivity index (χ4v) is 4.44. The number of unbranched alkanes of at least 4 members (excludes halogenated alkanes) is 1. The fourth-order valence-electron chi connectivity index (χ4n) is 2.63. The van der Waals surface area contributed by atoms with Crippen LogP contribution in [0.1, 0.15) is 31.7 Å². The summed E-state index contributed by atoms with van der Waals surface area (Å²) < 4.78 is 35.7. The molecule has 5 nitrogen and oxygen atoms in total. The zero-order valence-electron chi connectivity index (χ0n) is 12.8. The summed E-state index contributed by atoms with van der Waals surface area (Å²) in [4.78, 5) is 0.353. The molecule has 0 aliphatic carbocycles. The van der Waals surface area contributed by atoms with Crippen molar-refractivity contribution in [2.24, 2.45) is 0 Å². The van der Waals surface area contributed by atoms with Crippen molar-refractivity contribution in [3.8, 4) is 11.5 Å². The van der Waals surface area contributed by atoms with Gasteiger partial charge in [0, 0.05) is 18.7 Å². The first-order valence-corrected chi connectivity index (χ1v) is 8.88. The molecule has 1 aliphatic rings. The third-order valence-electron chi connectivity index (χ3n) is 3.81. The minimum absolute atomic E-state index is 0.000611. The highest BCUT2D eigenvalue weighted by Gasteiger charge is 2.28. The van der Waals surface area contributed by atoms with Gasteiger partial charge in [0.15, 0.2) is 21.3 Å². The predicted molar refractivity (Wildman–Crippen MR) is 81.8 cm³/mol. The number of ether oxygens (including phenoxy) is 2. The van der Waals surface area contributed by atoms with Gasteiger partial charge in [-0.15, -0.1) is 0 Å². The van der Waals surface area contributed by atoms with E-state index >= 15 is 0 Å². The van der Waals surface area contributed by atoms with Gasteiger partial charge < -0.3 is 14.8 Å². The van der Waals surface area contributed by atoms with Crippen molar-refractivity contribution < 1.29 is 17.9 Å². The molecule has 0 fully saturated rings. The third-order valence-corrected chi connectivity index (χ3v) is 5.70. The first-order valence-electron chi connectivity index (χ1n) is 7.22. The van der Waals surface area contributed by atoms with Crippen molar-refractivity contribution in [2.45, 2.75) is 43.7 Å². The molecule has 0 spiro atoms. The molecule has 0 saturated heterocycles. The van der Waals surface area contributed by atoms with Gasteiger partial charge in [-0.2, -0.15) is 0 Å². The topological polar surface area (TPSA) is 64.6 Å². The second-order valence-corrected chi connectivity index (χ2v) is 7.32. The average Bonchev–Trinajstić information content (AvgIpc) is 2.60. The first kappa shape index (κ1) is 16.1. The Morgan fingerprint density at radius 1 is 1.24 bits per heavy atom. The molecule has 1 atom stereocenters. The summed E-state index contributed by atoms with van der Waals surface area (Å²) in [7, 11) is -0.255. The van der Waals surface area contributed by atoms with E-state index in [4.69, 9.17) is 9.47 Å². The Kier molecular flexibility index (Phi) is 5.11. The summed E-state index contributed by atoms with van der Waals surface area (Å²) in [6.45, 7) is 2.64. The van der Waals surface area contributed by atoms with Gasteiger partial charge in [0.2, 0.25) is 0 Å². The maximum absolute atomic E-state index is 12.6. The summed E-state index contributed by atoms with van der Waals surface area (Å²) in [6, 6.07) is 3.33. The van der Waals surface area contributed by atoms with Gasteiger partial charge in [0.25, 0.3) is 0 Å². The lowest BCUT2D eigenvalue weighted by molar-refractivity contribution is 0.353. The van der Waals surface area contributed by atoms with E-state index in [0.29, 0.717) is 22.9 Å². The monoisotopic (exact) mass is 313 g/mol. The summed E-state index contributed by atoms with van der Waals surface area (Å²) in [6.07, 6.45) is 2.96. The Morgan fingerprint density at radius 3 is 2.52 bits per heavy atom. The van der Waals surface area contributed by atoms with Crippen LogP contribution >= 0.6 is 0 Å². The van der Waals surface area contributed by atoms with Crippen LogP contribution in [-0.4, -0.2) is 34.4 Å². The van der Waals surface area contributed by atoms with Crippen LogP contribution in [0.5, 0.6) is 11.5 Å². The van der Waals surface area contributed by atoms with Crippen LogP contribution in [0.25, 0.3) is 0 Å². The average molecular weight is 313 g/mol. The van der Waals surface area contributed by atoms with Crippen LogP contribution in [0.15, 0.2) is 17.0 Å². The number of nitrogens with one attached hydrogen (secondary N) is 1. The van der Waals surface area contributed by atoms with Crippen molar-refractivity contribution in [2.75, 3.05) is 20.0 Å². The first-order chi connectivity index (χ1) is 10.0. The van der Waals surface area contributed by atoms with E-state index < -0.39 is 9.84 Å². The quantitative estimate of drug-likeness (QED) is 0.902. The van der Waals surface area contributed by atoms with E-state index in [2.05, 4.69) is 12.2 Å².